The Bertz CT molecular complexity index is 745. The standard InChI is InChI=1S/C17H18N2O4/c1-10-6-4-5-7-12(10)18-19-16-11-8-9-13(21-2)15(22-3)14(11)17(20)23-16/h4-9,16,18-19H,1-3H3. The Hall–Kier alpha value is -2.73. The van der Waals surface area contributed by atoms with Crippen molar-refractivity contribution in [3.63, 3.8) is 0 Å². The molecule has 2 aromatic carbocycles. The summed E-state index contributed by atoms with van der Waals surface area (Å²) in [7, 11) is 3.03. The molecule has 1 atom stereocenters. The van der Waals surface area contributed by atoms with Gasteiger partial charge in [-0.2, -0.15) is 5.43 Å². The summed E-state index contributed by atoms with van der Waals surface area (Å²) in [5.74, 6) is 0.436. The molecule has 1 aliphatic heterocycles. The van der Waals surface area contributed by atoms with Crippen LogP contribution in [0.25, 0.3) is 0 Å². The first-order valence-electron chi connectivity index (χ1n) is 7.18. The lowest BCUT2D eigenvalue weighted by Gasteiger charge is -2.16. The highest BCUT2D eigenvalue weighted by atomic mass is 16.6. The van der Waals surface area contributed by atoms with Crippen molar-refractivity contribution < 1.29 is 19.0 Å². The van der Waals surface area contributed by atoms with Crippen molar-refractivity contribution in [2.75, 3.05) is 19.6 Å². The zero-order chi connectivity index (χ0) is 16.4. The van der Waals surface area contributed by atoms with Crippen molar-refractivity contribution in [3.05, 3.63) is 53.1 Å². The molecule has 3 rings (SSSR count). The molecule has 6 heteroatoms. The fourth-order valence-corrected chi connectivity index (χ4v) is 2.56. The Labute approximate surface area is 134 Å². The largest absolute Gasteiger partial charge is 0.493 e. The first-order valence-corrected chi connectivity index (χ1v) is 7.18. The lowest BCUT2D eigenvalue weighted by Crippen LogP contribution is -2.27. The molecule has 120 valence electrons. The zero-order valence-corrected chi connectivity index (χ0v) is 13.2. The van der Waals surface area contributed by atoms with Crippen molar-refractivity contribution in [1.82, 2.24) is 5.43 Å². The Balaban J connectivity index is 1.86. The summed E-state index contributed by atoms with van der Waals surface area (Å²) in [6.45, 7) is 1.99. The number of anilines is 1. The maximum absolute atomic E-state index is 12.2. The van der Waals surface area contributed by atoms with Gasteiger partial charge in [-0.3, -0.25) is 0 Å². The molecule has 2 N–H and O–H groups in total. The van der Waals surface area contributed by atoms with E-state index in [0.717, 1.165) is 11.3 Å². The van der Waals surface area contributed by atoms with Crippen LogP contribution >= 0.6 is 0 Å². The van der Waals surface area contributed by atoms with Gasteiger partial charge in [-0.25, -0.2) is 4.79 Å². The minimum absolute atomic E-state index is 0.384. The molecule has 1 aliphatic rings. The Morgan fingerprint density at radius 2 is 1.87 bits per heavy atom. The lowest BCUT2D eigenvalue weighted by molar-refractivity contribution is 0.0326. The van der Waals surface area contributed by atoms with Crippen LogP contribution in [0.4, 0.5) is 5.69 Å². The van der Waals surface area contributed by atoms with Crippen LogP contribution in [0.3, 0.4) is 0 Å². The van der Waals surface area contributed by atoms with E-state index in [-0.39, 0.29) is 0 Å². The molecular weight excluding hydrogens is 296 g/mol. The van der Waals surface area contributed by atoms with Crippen molar-refractivity contribution in [2.45, 2.75) is 13.2 Å². The third-order valence-corrected chi connectivity index (χ3v) is 3.77. The third kappa shape index (κ3) is 2.68. The van der Waals surface area contributed by atoms with E-state index in [1.165, 1.54) is 14.2 Å². The van der Waals surface area contributed by atoms with Gasteiger partial charge in [-0.05, 0) is 30.7 Å². The van der Waals surface area contributed by atoms with Crippen molar-refractivity contribution in [2.24, 2.45) is 0 Å². The normalized spacial score (nSPS) is 15.8. The van der Waals surface area contributed by atoms with Gasteiger partial charge >= 0.3 is 5.97 Å². The SMILES string of the molecule is COc1ccc2c(c1OC)C(=O)OC2NNc1ccccc1C. The summed E-state index contributed by atoms with van der Waals surface area (Å²) in [5, 5.41) is 0. The minimum Gasteiger partial charge on any atom is -0.493 e. The van der Waals surface area contributed by atoms with Crippen molar-refractivity contribution in [1.29, 1.82) is 0 Å². The number of methoxy groups -OCH3 is 2. The molecule has 2 aromatic rings. The Morgan fingerprint density at radius 3 is 2.57 bits per heavy atom. The number of rotatable bonds is 5. The molecular formula is C17H18N2O4. The Morgan fingerprint density at radius 1 is 1.09 bits per heavy atom. The second-order valence-corrected chi connectivity index (χ2v) is 5.13. The summed E-state index contributed by atoms with van der Waals surface area (Å²) in [6, 6.07) is 11.4. The molecule has 1 unspecified atom stereocenters. The van der Waals surface area contributed by atoms with E-state index in [0.29, 0.717) is 22.6 Å². The summed E-state index contributed by atoms with van der Waals surface area (Å²) in [6.07, 6.45) is -0.600. The first-order chi connectivity index (χ1) is 11.2. The quantitative estimate of drug-likeness (QED) is 0.653. The molecule has 6 nitrogen and oxygen atoms in total. The van der Waals surface area contributed by atoms with Crippen molar-refractivity contribution >= 4 is 11.7 Å². The molecule has 0 aliphatic carbocycles. The first kappa shape index (κ1) is 15.2. The highest BCUT2D eigenvalue weighted by Crippen LogP contribution is 2.40. The van der Waals surface area contributed by atoms with Crippen LogP contribution in [0, 0.1) is 6.92 Å². The van der Waals surface area contributed by atoms with Crippen LogP contribution in [0.1, 0.15) is 27.7 Å². The molecule has 0 bridgehead atoms. The number of fused-ring (bicyclic) bond motifs is 1. The van der Waals surface area contributed by atoms with E-state index < -0.39 is 12.2 Å². The van der Waals surface area contributed by atoms with Gasteiger partial charge in [0.25, 0.3) is 0 Å². The minimum atomic E-state index is -0.600. The van der Waals surface area contributed by atoms with E-state index in [9.17, 15) is 4.79 Å². The molecule has 0 radical (unpaired) electrons. The predicted octanol–water partition coefficient (Wildman–Crippen LogP) is 2.80. The van der Waals surface area contributed by atoms with Gasteiger partial charge in [-0.15, -0.1) is 0 Å². The second kappa shape index (κ2) is 6.18. The summed E-state index contributed by atoms with van der Waals surface area (Å²) < 4.78 is 15.9. The molecule has 1 heterocycles. The number of carbonyl (C=O) groups excluding carboxylic acids is 1. The van der Waals surface area contributed by atoms with Gasteiger partial charge in [0.05, 0.1) is 19.9 Å². The number of ether oxygens (including phenoxy) is 3. The molecule has 0 spiro atoms. The maximum atomic E-state index is 12.2. The van der Waals surface area contributed by atoms with Crippen LogP contribution < -0.4 is 20.3 Å². The van der Waals surface area contributed by atoms with E-state index in [1.54, 1.807) is 12.1 Å². The van der Waals surface area contributed by atoms with Crippen LogP contribution in [-0.2, 0) is 4.74 Å². The molecule has 0 amide bonds. The number of hydrogen-bond acceptors (Lipinski definition) is 6. The number of aryl methyl sites for hydroxylation is 1. The van der Waals surface area contributed by atoms with E-state index >= 15 is 0 Å². The van der Waals surface area contributed by atoms with Crippen LogP contribution in [0.15, 0.2) is 36.4 Å². The van der Waals surface area contributed by atoms with Crippen LogP contribution in [0.2, 0.25) is 0 Å². The third-order valence-electron chi connectivity index (χ3n) is 3.77. The summed E-state index contributed by atoms with van der Waals surface area (Å²) in [4.78, 5) is 12.2. The lowest BCUT2D eigenvalue weighted by atomic mass is 10.1. The number of benzene rings is 2. The van der Waals surface area contributed by atoms with Gasteiger partial charge in [0.15, 0.2) is 17.7 Å². The molecule has 0 aromatic heterocycles. The number of hydrogen-bond donors (Lipinski definition) is 2. The number of esters is 1. The van der Waals surface area contributed by atoms with Crippen LogP contribution in [-0.4, -0.2) is 20.2 Å². The highest BCUT2D eigenvalue weighted by Gasteiger charge is 2.35. The van der Waals surface area contributed by atoms with E-state index in [2.05, 4.69) is 10.9 Å². The number of para-hydroxylation sites is 1. The fourth-order valence-electron chi connectivity index (χ4n) is 2.56. The van der Waals surface area contributed by atoms with Gasteiger partial charge in [0.1, 0.15) is 5.56 Å². The summed E-state index contributed by atoms with van der Waals surface area (Å²) >= 11 is 0. The Kier molecular flexibility index (Phi) is 4.08. The smallest absolute Gasteiger partial charge is 0.344 e. The molecule has 23 heavy (non-hydrogen) atoms. The fraction of sp³-hybridized carbons (Fsp3) is 0.235. The summed E-state index contributed by atoms with van der Waals surface area (Å²) in [5.41, 5.74) is 9.19. The topological polar surface area (TPSA) is 68.8 Å². The van der Waals surface area contributed by atoms with Crippen LogP contribution in [0.5, 0.6) is 11.5 Å². The van der Waals surface area contributed by atoms with Gasteiger partial charge in [0, 0.05) is 5.56 Å². The number of nitrogens with one attached hydrogen (secondary N) is 2. The zero-order valence-electron chi connectivity index (χ0n) is 13.2. The molecule has 0 saturated carbocycles. The highest BCUT2D eigenvalue weighted by molar-refractivity contribution is 5.98. The number of carbonyl (C=O) groups is 1. The average molecular weight is 314 g/mol. The second-order valence-electron chi connectivity index (χ2n) is 5.13. The number of cyclic esters (lactones) is 1. The predicted molar refractivity (Wildman–Crippen MR) is 85.6 cm³/mol. The van der Waals surface area contributed by atoms with Gasteiger partial charge in [0.2, 0.25) is 0 Å². The number of hydrazine groups is 1. The maximum Gasteiger partial charge on any atom is 0.344 e. The van der Waals surface area contributed by atoms with E-state index in [4.69, 9.17) is 14.2 Å². The monoisotopic (exact) mass is 314 g/mol. The van der Waals surface area contributed by atoms with E-state index in [1.807, 2.05) is 31.2 Å². The van der Waals surface area contributed by atoms with Gasteiger partial charge in [-0.1, -0.05) is 18.2 Å². The molecule has 0 fully saturated rings. The average Bonchev–Trinajstić information content (AvgIpc) is 2.89. The van der Waals surface area contributed by atoms with Gasteiger partial charge < -0.3 is 19.6 Å². The molecule has 0 saturated heterocycles. The van der Waals surface area contributed by atoms with Crippen molar-refractivity contribution in [3.8, 4) is 11.5 Å².